The largest absolute Gasteiger partial charge is 0.493 e. The number of halogens is 3. The third kappa shape index (κ3) is 6.01. The molecule has 0 amide bonds. The van der Waals surface area contributed by atoms with Gasteiger partial charge in [0.15, 0.2) is 11.5 Å². The summed E-state index contributed by atoms with van der Waals surface area (Å²) in [6, 6.07) is 5.44. The highest BCUT2D eigenvalue weighted by Crippen LogP contribution is 2.35. The third-order valence-electron chi connectivity index (χ3n) is 5.12. The zero-order valence-corrected chi connectivity index (χ0v) is 19.2. The molecule has 2 heterocycles. The van der Waals surface area contributed by atoms with Crippen LogP contribution < -0.4 is 14.8 Å². The second-order valence-corrected chi connectivity index (χ2v) is 7.86. The Morgan fingerprint density at radius 2 is 1.82 bits per heavy atom. The van der Waals surface area contributed by atoms with Crippen LogP contribution in [0.15, 0.2) is 30.5 Å². The fraction of sp³-hybridized carbons (Fsp3) is 0.435. The average molecular weight is 464 g/mol. The first-order valence-electron chi connectivity index (χ1n) is 10.4. The molecule has 1 unspecified atom stereocenters. The van der Waals surface area contributed by atoms with Crippen molar-refractivity contribution < 1.29 is 27.4 Å². The van der Waals surface area contributed by atoms with E-state index >= 15 is 0 Å². The van der Waals surface area contributed by atoms with E-state index < -0.39 is 11.7 Å². The van der Waals surface area contributed by atoms with E-state index in [-0.39, 0.29) is 24.3 Å². The van der Waals surface area contributed by atoms with Gasteiger partial charge in [0.1, 0.15) is 18.2 Å². The normalized spacial score (nSPS) is 12.8. The van der Waals surface area contributed by atoms with Crippen molar-refractivity contribution in [3.8, 4) is 11.5 Å². The van der Waals surface area contributed by atoms with Gasteiger partial charge in [0, 0.05) is 24.8 Å². The minimum absolute atomic E-state index is 0.0524. The van der Waals surface area contributed by atoms with Crippen LogP contribution >= 0.6 is 0 Å². The SMILES string of the molecule is COc1cc2nc(C)nc(NCc3cc(C(F)(F)F)ccn3)c2cc1OCC(OC)C(C)C. The summed E-state index contributed by atoms with van der Waals surface area (Å²) in [5, 5.41) is 3.72. The van der Waals surface area contributed by atoms with E-state index in [1.54, 1.807) is 26.2 Å². The molecule has 0 aliphatic carbocycles. The van der Waals surface area contributed by atoms with Crippen molar-refractivity contribution in [2.75, 3.05) is 26.1 Å². The Balaban J connectivity index is 1.91. The van der Waals surface area contributed by atoms with E-state index in [0.29, 0.717) is 40.7 Å². The number of aryl methyl sites for hydroxylation is 1. The lowest BCUT2D eigenvalue weighted by molar-refractivity contribution is -0.137. The molecule has 33 heavy (non-hydrogen) atoms. The Labute approximate surface area is 190 Å². The van der Waals surface area contributed by atoms with Gasteiger partial charge in [0.2, 0.25) is 0 Å². The molecule has 0 aliphatic heterocycles. The molecule has 0 bridgehead atoms. The fourth-order valence-electron chi connectivity index (χ4n) is 3.29. The van der Waals surface area contributed by atoms with Crippen LogP contribution in [-0.4, -0.2) is 41.9 Å². The van der Waals surface area contributed by atoms with Crippen molar-refractivity contribution in [1.29, 1.82) is 0 Å². The Morgan fingerprint density at radius 1 is 1.06 bits per heavy atom. The summed E-state index contributed by atoms with van der Waals surface area (Å²) in [6.45, 7) is 6.18. The van der Waals surface area contributed by atoms with E-state index in [1.165, 1.54) is 7.11 Å². The van der Waals surface area contributed by atoms with E-state index in [0.717, 1.165) is 18.3 Å². The molecule has 1 atom stereocenters. The highest BCUT2D eigenvalue weighted by molar-refractivity contribution is 5.91. The summed E-state index contributed by atoms with van der Waals surface area (Å²) in [5.41, 5.74) is 0.0914. The van der Waals surface area contributed by atoms with Gasteiger partial charge in [-0.15, -0.1) is 0 Å². The monoisotopic (exact) mass is 464 g/mol. The number of alkyl halides is 3. The molecule has 3 rings (SSSR count). The lowest BCUT2D eigenvalue weighted by Gasteiger charge is -2.21. The summed E-state index contributed by atoms with van der Waals surface area (Å²) >= 11 is 0. The highest BCUT2D eigenvalue weighted by atomic mass is 19.4. The van der Waals surface area contributed by atoms with E-state index in [9.17, 15) is 13.2 Å². The standard InChI is InChI=1S/C23H27F3N4O3/c1-13(2)21(32-5)12-33-20-9-17-18(10-19(20)31-4)29-14(3)30-22(17)28-11-16-8-15(6-7-27-16)23(24,25)26/h6-10,13,21H,11-12H2,1-5H3,(H,28,29,30). The van der Waals surface area contributed by atoms with Crippen molar-refractivity contribution >= 4 is 16.7 Å². The van der Waals surface area contributed by atoms with Gasteiger partial charge < -0.3 is 19.5 Å². The molecule has 178 valence electrons. The zero-order valence-electron chi connectivity index (χ0n) is 19.2. The van der Waals surface area contributed by atoms with Crippen molar-refractivity contribution in [3.63, 3.8) is 0 Å². The average Bonchev–Trinajstić information content (AvgIpc) is 2.76. The number of nitrogens with one attached hydrogen (secondary N) is 1. The number of hydrogen-bond acceptors (Lipinski definition) is 7. The quantitative estimate of drug-likeness (QED) is 0.476. The Kier molecular flexibility index (Phi) is 7.57. The van der Waals surface area contributed by atoms with Crippen molar-refractivity contribution in [2.45, 2.75) is 39.6 Å². The van der Waals surface area contributed by atoms with Crippen LogP contribution in [0.2, 0.25) is 0 Å². The van der Waals surface area contributed by atoms with E-state index in [4.69, 9.17) is 14.2 Å². The zero-order chi connectivity index (χ0) is 24.2. The molecular weight excluding hydrogens is 437 g/mol. The maximum Gasteiger partial charge on any atom is 0.416 e. The fourth-order valence-corrected chi connectivity index (χ4v) is 3.29. The van der Waals surface area contributed by atoms with Gasteiger partial charge in [-0.25, -0.2) is 9.97 Å². The first kappa shape index (κ1) is 24.5. The van der Waals surface area contributed by atoms with Crippen molar-refractivity contribution in [2.24, 2.45) is 5.92 Å². The van der Waals surface area contributed by atoms with Crippen LogP contribution in [0.1, 0.15) is 30.9 Å². The third-order valence-corrected chi connectivity index (χ3v) is 5.12. The molecule has 10 heteroatoms. The van der Waals surface area contributed by atoms with Crippen LogP contribution in [0, 0.1) is 12.8 Å². The van der Waals surface area contributed by atoms with Crippen molar-refractivity contribution in [3.05, 3.63) is 47.5 Å². The van der Waals surface area contributed by atoms with Crippen LogP contribution in [-0.2, 0) is 17.5 Å². The first-order chi connectivity index (χ1) is 15.6. The maximum absolute atomic E-state index is 13.0. The van der Waals surface area contributed by atoms with Crippen molar-refractivity contribution in [1.82, 2.24) is 15.0 Å². The summed E-state index contributed by atoms with van der Waals surface area (Å²) < 4.78 is 55.9. The number of pyridine rings is 1. The lowest BCUT2D eigenvalue weighted by atomic mass is 10.1. The molecule has 0 saturated heterocycles. The van der Waals surface area contributed by atoms with Gasteiger partial charge in [-0.1, -0.05) is 13.8 Å². The smallest absolute Gasteiger partial charge is 0.416 e. The molecule has 7 nitrogen and oxygen atoms in total. The molecule has 1 aromatic carbocycles. The molecule has 0 spiro atoms. The number of nitrogens with zero attached hydrogens (tertiary/aromatic N) is 3. The Morgan fingerprint density at radius 3 is 2.45 bits per heavy atom. The van der Waals surface area contributed by atoms with Gasteiger partial charge in [-0.05, 0) is 31.0 Å². The van der Waals surface area contributed by atoms with Gasteiger partial charge in [-0.3, -0.25) is 4.98 Å². The second-order valence-electron chi connectivity index (χ2n) is 7.86. The van der Waals surface area contributed by atoms with Crippen LogP contribution in [0.25, 0.3) is 10.9 Å². The van der Waals surface area contributed by atoms with Gasteiger partial charge in [-0.2, -0.15) is 13.2 Å². The number of methoxy groups -OCH3 is 2. The summed E-state index contributed by atoms with van der Waals surface area (Å²) in [4.78, 5) is 12.9. The number of fused-ring (bicyclic) bond motifs is 1. The molecule has 2 aromatic heterocycles. The van der Waals surface area contributed by atoms with Gasteiger partial charge in [0.25, 0.3) is 0 Å². The molecule has 0 aliphatic rings. The predicted molar refractivity (Wildman–Crippen MR) is 119 cm³/mol. The molecule has 0 fully saturated rings. The number of hydrogen-bond donors (Lipinski definition) is 1. The second kappa shape index (κ2) is 10.2. The lowest BCUT2D eigenvalue weighted by Crippen LogP contribution is -2.26. The number of ether oxygens (including phenoxy) is 3. The summed E-state index contributed by atoms with van der Waals surface area (Å²) in [6.07, 6.45) is -3.40. The minimum atomic E-state index is -4.44. The van der Waals surface area contributed by atoms with Crippen LogP contribution in [0.4, 0.5) is 19.0 Å². The van der Waals surface area contributed by atoms with E-state index in [2.05, 4.69) is 20.3 Å². The number of benzene rings is 1. The maximum atomic E-state index is 13.0. The molecule has 3 aromatic rings. The number of anilines is 1. The topological polar surface area (TPSA) is 78.4 Å². The molecule has 1 N–H and O–H groups in total. The molecule has 0 radical (unpaired) electrons. The highest BCUT2D eigenvalue weighted by Gasteiger charge is 2.30. The van der Waals surface area contributed by atoms with Gasteiger partial charge in [0.05, 0.1) is 36.5 Å². The van der Waals surface area contributed by atoms with Crippen LogP contribution in [0.3, 0.4) is 0 Å². The molecular formula is C23H27F3N4O3. The van der Waals surface area contributed by atoms with E-state index in [1.807, 2.05) is 13.8 Å². The minimum Gasteiger partial charge on any atom is -0.493 e. The Hall–Kier alpha value is -3.14. The van der Waals surface area contributed by atoms with Crippen LogP contribution in [0.5, 0.6) is 11.5 Å². The first-order valence-corrected chi connectivity index (χ1v) is 10.4. The Bertz CT molecular complexity index is 1110. The predicted octanol–water partition coefficient (Wildman–Crippen LogP) is 5.02. The van der Waals surface area contributed by atoms with Gasteiger partial charge >= 0.3 is 6.18 Å². The number of rotatable bonds is 9. The number of aromatic nitrogens is 3. The summed E-state index contributed by atoms with van der Waals surface area (Å²) in [7, 11) is 3.17. The summed E-state index contributed by atoms with van der Waals surface area (Å²) in [5.74, 6) is 2.20. The molecule has 0 saturated carbocycles.